The lowest BCUT2D eigenvalue weighted by Crippen LogP contribution is -2.53. The number of nitrogens with zero attached hydrogens (tertiary/aromatic N) is 9. The van der Waals surface area contributed by atoms with Crippen LogP contribution in [-0.2, 0) is 28.8 Å². The number of alkyl halides is 3. The van der Waals surface area contributed by atoms with Crippen LogP contribution in [-0.4, -0.2) is 244 Å². The highest BCUT2D eigenvalue weighted by Gasteiger charge is 2.38. The molecule has 4 heterocycles. The van der Waals surface area contributed by atoms with Gasteiger partial charge in [0.05, 0.1) is 56.5 Å². The van der Waals surface area contributed by atoms with Crippen LogP contribution in [0.15, 0.2) is 30.5 Å². The summed E-state index contributed by atoms with van der Waals surface area (Å²) in [4.78, 5) is 99.9. The van der Waals surface area contributed by atoms with Crippen molar-refractivity contribution in [3.63, 3.8) is 0 Å². The number of pyridine rings is 1. The number of fused-ring (bicyclic) bond motifs is 1. The van der Waals surface area contributed by atoms with E-state index in [1.807, 2.05) is 9.80 Å². The van der Waals surface area contributed by atoms with E-state index < -0.39 is 42.0 Å². The average molecular weight is 951 g/mol. The van der Waals surface area contributed by atoms with E-state index in [0.717, 1.165) is 19.4 Å². The van der Waals surface area contributed by atoms with Crippen molar-refractivity contribution < 1.29 is 71.9 Å². The number of hydrogen-bond donors (Lipinski definition) is 5. The van der Waals surface area contributed by atoms with Gasteiger partial charge in [-0.15, -0.1) is 0 Å². The number of carboxylic acids is 4. The maximum atomic E-state index is 13.5. The first-order valence-corrected chi connectivity index (χ1v) is 21.7. The molecule has 3 aliphatic rings. The minimum Gasteiger partial charge on any atom is -0.494 e. The normalized spacial score (nSPS) is 18.7. The minimum atomic E-state index is -5.08. The Balaban J connectivity index is 0.00000129. The van der Waals surface area contributed by atoms with Gasteiger partial charge in [0, 0.05) is 103 Å². The molecule has 5 rings (SSSR count). The van der Waals surface area contributed by atoms with Gasteiger partial charge in [-0.2, -0.15) is 18.4 Å². The summed E-state index contributed by atoms with van der Waals surface area (Å²) in [7, 11) is 0. The summed E-state index contributed by atoms with van der Waals surface area (Å²) in [6.45, 7) is 5.95. The smallest absolute Gasteiger partial charge is 0.490 e. The molecular formula is C42H57F3N10O12. The fraction of sp³-hybridized carbons (Fsp3) is 0.595. The van der Waals surface area contributed by atoms with E-state index >= 15 is 0 Å². The first-order valence-electron chi connectivity index (χ1n) is 21.7. The molecule has 3 fully saturated rings. The second-order valence-electron chi connectivity index (χ2n) is 16.1. The van der Waals surface area contributed by atoms with Crippen LogP contribution < -0.4 is 10.1 Å². The van der Waals surface area contributed by atoms with E-state index in [4.69, 9.17) is 14.6 Å². The first kappa shape index (κ1) is 53.4. The molecule has 0 unspecified atom stereocenters. The van der Waals surface area contributed by atoms with Crippen LogP contribution >= 0.6 is 0 Å². The Labute approximate surface area is 384 Å². The van der Waals surface area contributed by atoms with E-state index in [9.17, 15) is 62.5 Å². The zero-order chi connectivity index (χ0) is 49.1. The SMILES string of the molecule is N#C[C@@H]1CCCN1C(=O)CNC(=O)c1ccnc2ccc(OCCCN3CCN(C(=O)CN4CCN(CC(=O)O)CCN(CC(=O)O)CCN(CC(=O)O)CC4)CC3)cc12.O=C(O)C(F)(F)F. The van der Waals surface area contributed by atoms with Gasteiger partial charge in [-0.05, 0) is 43.5 Å². The zero-order valence-corrected chi connectivity index (χ0v) is 36.9. The Morgan fingerprint density at radius 1 is 0.716 bits per heavy atom. The largest absolute Gasteiger partial charge is 0.494 e. The van der Waals surface area contributed by atoms with Crippen molar-refractivity contribution in [2.24, 2.45) is 0 Å². The molecule has 2 aromatic rings. The van der Waals surface area contributed by atoms with Crippen molar-refractivity contribution in [3.05, 3.63) is 36.0 Å². The van der Waals surface area contributed by atoms with Crippen LogP contribution in [0.1, 0.15) is 29.6 Å². The topological polar surface area (TPSA) is 281 Å². The van der Waals surface area contributed by atoms with Gasteiger partial charge >= 0.3 is 30.1 Å². The van der Waals surface area contributed by atoms with Gasteiger partial charge < -0.3 is 40.3 Å². The molecule has 1 aromatic carbocycles. The Morgan fingerprint density at radius 3 is 1.72 bits per heavy atom. The van der Waals surface area contributed by atoms with Gasteiger partial charge in [-0.1, -0.05) is 0 Å². The minimum absolute atomic E-state index is 0.0584. The van der Waals surface area contributed by atoms with E-state index in [-0.39, 0.29) is 44.5 Å². The summed E-state index contributed by atoms with van der Waals surface area (Å²) < 4.78 is 37.8. The molecular weight excluding hydrogens is 894 g/mol. The lowest BCUT2D eigenvalue weighted by molar-refractivity contribution is -0.192. The summed E-state index contributed by atoms with van der Waals surface area (Å²) >= 11 is 0. The highest BCUT2D eigenvalue weighted by atomic mass is 19.4. The molecule has 368 valence electrons. The molecule has 0 saturated carbocycles. The number of amides is 3. The lowest BCUT2D eigenvalue weighted by Gasteiger charge is -2.37. The van der Waals surface area contributed by atoms with Gasteiger partial charge in [0.25, 0.3) is 5.91 Å². The standard InChI is InChI=1S/C40H56N10O10.C2HF3O2/c41-24-30-3-1-9-50(30)35(51)25-43-40(59)32-6-7-42-34-5-4-31(23-33(32)34)60-22-2-8-44-18-20-49(21-19-44)36(52)26-45-10-12-46(27-37(53)54)14-16-48(29-39(57)58)17-15-47(13-11-45)28-38(55)56;3-2(4,5)1(6)7/h4-7,23,30H,1-3,8-22,25-29H2,(H,43,59)(H,53,54)(H,55,56)(H,57,58);(H,6,7)/t30-;/m0./s1. The molecule has 22 nitrogen and oxygen atoms in total. The number of likely N-dealkylation sites (tertiary alicyclic amines) is 1. The van der Waals surface area contributed by atoms with Crippen molar-refractivity contribution in [1.82, 2.24) is 44.6 Å². The maximum absolute atomic E-state index is 13.5. The molecule has 3 saturated heterocycles. The molecule has 67 heavy (non-hydrogen) atoms. The predicted molar refractivity (Wildman–Crippen MR) is 230 cm³/mol. The van der Waals surface area contributed by atoms with Crippen molar-refractivity contribution in [2.75, 3.05) is 131 Å². The number of carboxylic acid groups (broad SMARTS) is 4. The summed E-state index contributed by atoms with van der Waals surface area (Å²) in [5.74, 6) is -5.99. The average Bonchev–Trinajstić information content (AvgIpc) is 3.76. The second-order valence-corrected chi connectivity index (χ2v) is 16.1. The molecule has 0 radical (unpaired) electrons. The Bertz CT molecular complexity index is 2050. The molecule has 25 heteroatoms. The molecule has 3 amide bonds. The van der Waals surface area contributed by atoms with Crippen LogP contribution in [0.5, 0.6) is 5.75 Å². The van der Waals surface area contributed by atoms with Crippen LogP contribution in [0.25, 0.3) is 10.9 Å². The van der Waals surface area contributed by atoms with Gasteiger partial charge in [0.15, 0.2) is 0 Å². The number of aliphatic carboxylic acids is 4. The van der Waals surface area contributed by atoms with E-state index in [1.54, 1.807) is 39.0 Å². The highest BCUT2D eigenvalue weighted by Crippen LogP contribution is 2.23. The number of rotatable bonds is 16. The number of hydrogen-bond acceptors (Lipinski definition) is 15. The lowest BCUT2D eigenvalue weighted by atomic mass is 10.1. The van der Waals surface area contributed by atoms with E-state index in [1.165, 1.54) is 11.1 Å². The third-order valence-electron chi connectivity index (χ3n) is 11.3. The van der Waals surface area contributed by atoms with Crippen LogP contribution in [0.2, 0.25) is 0 Å². The molecule has 1 aromatic heterocycles. The molecule has 0 spiro atoms. The van der Waals surface area contributed by atoms with Crippen molar-refractivity contribution >= 4 is 52.5 Å². The fourth-order valence-corrected chi connectivity index (χ4v) is 7.74. The Morgan fingerprint density at radius 2 is 1.22 bits per heavy atom. The number of benzene rings is 1. The number of halogens is 3. The fourth-order valence-electron chi connectivity index (χ4n) is 7.74. The molecule has 0 bridgehead atoms. The van der Waals surface area contributed by atoms with Crippen molar-refractivity contribution in [3.8, 4) is 11.8 Å². The number of nitriles is 1. The number of carbonyl (C=O) groups is 7. The third-order valence-corrected chi connectivity index (χ3v) is 11.3. The second kappa shape index (κ2) is 26.2. The summed E-state index contributed by atoms with van der Waals surface area (Å²) in [5.41, 5.74) is 0.964. The van der Waals surface area contributed by atoms with Gasteiger partial charge in [0.2, 0.25) is 11.8 Å². The highest BCUT2D eigenvalue weighted by molar-refractivity contribution is 6.07. The summed E-state index contributed by atoms with van der Waals surface area (Å²) in [6, 6.07) is 8.60. The Hall–Kier alpha value is -6.20. The number of ether oxygens (including phenoxy) is 1. The zero-order valence-electron chi connectivity index (χ0n) is 36.9. The van der Waals surface area contributed by atoms with E-state index in [0.29, 0.717) is 120 Å². The van der Waals surface area contributed by atoms with Gasteiger partial charge in [-0.25, -0.2) is 4.79 Å². The van der Waals surface area contributed by atoms with Crippen LogP contribution in [0, 0.1) is 11.3 Å². The van der Waals surface area contributed by atoms with Gasteiger partial charge in [0.1, 0.15) is 11.8 Å². The molecule has 5 N–H and O–H groups in total. The van der Waals surface area contributed by atoms with Gasteiger partial charge in [-0.3, -0.25) is 58.3 Å². The summed E-state index contributed by atoms with van der Waals surface area (Å²) in [6.07, 6.45) is -1.44. The van der Waals surface area contributed by atoms with Crippen LogP contribution in [0.3, 0.4) is 0 Å². The summed E-state index contributed by atoms with van der Waals surface area (Å²) in [5, 5.41) is 48.1. The van der Waals surface area contributed by atoms with E-state index in [2.05, 4.69) is 21.3 Å². The predicted octanol–water partition coefficient (Wildman–Crippen LogP) is -0.499. The number of nitrogens with one attached hydrogen (secondary N) is 1. The maximum Gasteiger partial charge on any atom is 0.490 e. The quantitative estimate of drug-likeness (QED) is 0.133. The number of piperazine rings is 1. The third kappa shape index (κ3) is 18.2. The van der Waals surface area contributed by atoms with Crippen molar-refractivity contribution in [1.29, 1.82) is 5.26 Å². The molecule has 3 aliphatic heterocycles. The van der Waals surface area contributed by atoms with Crippen LogP contribution in [0.4, 0.5) is 13.2 Å². The van der Waals surface area contributed by atoms with Crippen molar-refractivity contribution in [2.45, 2.75) is 31.5 Å². The molecule has 0 aliphatic carbocycles. The first-order chi connectivity index (χ1) is 31.8. The number of carbonyl (C=O) groups excluding carboxylic acids is 3. The molecule has 1 atom stereocenters. The monoisotopic (exact) mass is 950 g/mol. The Kier molecular flexibility index (Phi) is 20.9. The number of aromatic nitrogens is 1.